The summed E-state index contributed by atoms with van der Waals surface area (Å²) in [5, 5.41) is 34.6. The van der Waals surface area contributed by atoms with E-state index >= 15 is 0 Å². The minimum absolute atomic E-state index is 0.558. The number of nitrogens with zero attached hydrogens (tertiary/aromatic N) is 1. The number of aliphatic carboxylic acids is 4. The second kappa shape index (κ2) is 14.8. The molecule has 0 radical (unpaired) electrons. The first-order chi connectivity index (χ1) is 11.6. The van der Waals surface area contributed by atoms with Gasteiger partial charge in [0.05, 0.1) is 0 Å². The van der Waals surface area contributed by atoms with Gasteiger partial charge in [-0.3, -0.25) is 4.90 Å². The third-order valence-corrected chi connectivity index (χ3v) is 2.62. The summed E-state index contributed by atoms with van der Waals surface area (Å²) in [6, 6.07) is 0.729. The monoisotopic (exact) mass is 360 g/mol. The highest BCUT2D eigenvalue weighted by molar-refractivity contribution is 5.90. The number of carboxylic acid groups (broad SMARTS) is 4. The average molecular weight is 360 g/mol. The van der Waals surface area contributed by atoms with Crippen LogP contribution < -0.4 is 5.32 Å². The van der Waals surface area contributed by atoms with Gasteiger partial charge in [0.25, 0.3) is 0 Å². The van der Waals surface area contributed by atoms with E-state index in [2.05, 4.69) is 24.1 Å². The number of hydrogen-bond donors (Lipinski definition) is 5. The molecule has 1 aliphatic heterocycles. The Bertz CT molecular complexity index is 428. The molecule has 1 fully saturated rings. The van der Waals surface area contributed by atoms with Gasteiger partial charge in [0, 0.05) is 56.5 Å². The van der Waals surface area contributed by atoms with Gasteiger partial charge in [0.1, 0.15) is 0 Å². The zero-order chi connectivity index (χ0) is 19.8. The van der Waals surface area contributed by atoms with Gasteiger partial charge in [-0.2, -0.15) is 0 Å². The van der Waals surface area contributed by atoms with Crippen LogP contribution >= 0.6 is 0 Å². The molecule has 0 aliphatic carbocycles. The molecule has 10 heteroatoms. The van der Waals surface area contributed by atoms with E-state index in [1.807, 2.05) is 0 Å². The number of rotatable bonds is 5. The Morgan fingerprint density at radius 3 is 1.20 bits per heavy atom. The van der Waals surface area contributed by atoms with Crippen molar-refractivity contribution in [1.29, 1.82) is 0 Å². The van der Waals surface area contributed by atoms with Gasteiger partial charge in [-0.05, 0) is 13.8 Å². The predicted molar refractivity (Wildman–Crippen MR) is 88.4 cm³/mol. The topological polar surface area (TPSA) is 164 Å². The Balaban J connectivity index is 0. The van der Waals surface area contributed by atoms with E-state index in [0.717, 1.165) is 19.1 Å². The van der Waals surface area contributed by atoms with E-state index in [4.69, 9.17) is 20.4 Å². The lowest BCUT2D eigenvalue weighted by molar-refractivity contribution is -0.134. The van der Waals surface area contributed by atoms with Crippen LogP contribution in [-0.4, -0.2) is 81.4 Å². The summed E-state index contributed by atoms with van der Waals surface area (Å²) in [7, 11) is 0. The van der Waals surface area contributed by atoms with Crippen LogP contribution in [0.5, 0.6) is 0 Å². The van der Waals surface area contributed by atoms with Crippen LogP contribution in [-0.2, 0) is 19.2 Å². The van der Waals surface area contributed by atoms with Crippen molar-refractivity contribution < 1.29 is 39.6 Å². The molecule has 0 aromatic rings. The molecule has 0 saturated carbocycles. The third kappa shape index (κ3) is 21.3. The minimum atomic E-state index is -1.26. The second-order valence-electron chi connectivity index (χ2n) is 4.90. The smallest absolute Gasteiger partial charge is 0.328 e. The van der Waals surface area contributed by atoms with Crippen molar-refractivity contribution in [3.05, 3.63) is 24.3 Å². The SMILES string of the molecule is CC(C)N1CCNCC1.O=C(O)/C=C\C(=O)O.O=C(O)/C=C\C(=O)O. The maximum absolute atomic E-state index is 9.55. The minimum Gasteiger partial charge on any atom is -0.478 e. The maximum Gasteiger partial charge on any atom is 0.328 e. The highest BCUT2D eigenvalue weighted by Gasteiger charge is 2.11. The molecule has 142 valence electrons. The van der Waals surface area contributed by atoms with Crippen molar-refractivity contribution in [2.75, 3.05) is 26.2 Å². The van der Waals surface area contributed by atoms with Crippen LogP contribution in [0.4, 0.5) is 0 Å². The van der Waals surface area contributed by atoms with E-state index in [0.29, 0.717) is 24.3 Å². The lowest BCUT2D eigenvalue weighted by Gasteiger charge is -2.30. The maximum atomic E-state index is 9.55. The molecule has 0 aromatic heterocycles. The van der Waals surface area contributed by atoms with Crippen molar-refractivity contribution in [2.24, 2.45) is 0 Å². The normalized spacial score (nSPS) is 14.4. The van der Waals surface area contributed by atoms with Crippen molar-refractivity contribution in [3.63, 3.8) is 0 Å². The number of hydrogen-bond acceptors (Lipinski definition) is 6. The van der Waals surface area contributed by atoms with Crippen molar-refractivity contribution >= 4 is 23.9 Å². The molecular weight excluding hydrogens is 336 g/mol. The van der Waals surface area contributed by atoms with E-state index < -0.39 is 23.9 Å². The summed E-state index contributed by atoms with van der Waals surface area (Å²) in [6.07, 6.45) is 2.23. The van der Waals surface area contributed by atoms with Crippen molar-refractivity contribution in [3.8, 4) is 0 Å². The zero-order valence-electron chi connectivity index (χ0n) is 14.1. The summed E-state index contributed by atoms with van der Waals surface area (Å²) >= 11 is 0. The Morgan fingerprint density at radius 2 is 1.04 bits per heavy atom. The van der Waals surface area contributed by atoms with E-state index in [-0.39, 0.29) is 0 Å². The fourth-order valence-electron chi connectivity index (χ4n) is 1.48. The van der Waals surface area contributed by atoms with Crippen molar-refractivity contribution in [1.82, 2.24) is 10.2 Å². The lowest BCUT2D eigenvalue weighted by Crippen LogP contribution is -2.46. The zero-order valence-corrected chi connectivity index (χ0v) is 14.1. The van der Waals surface area contributed by atoms with E-state index in [9.17, 15) is 19.2 Å². The van der Waals surface area contributed by atoms with Crippen molar-refractivity contribution in [2.45, 2.75) is 19.9 Å². The fourth-order valence-corrected chi connectivity index (χ4v) is 1.48. The third-order valence-electron chi connectivity index (χ3n) is 2.62. The van der Waals surface area contributed by atoms with Crippen LogP contribution in [0.1, 0.15) is 13.8 Å². The first-order valence-corrected chi connectivity index (χ1v) is 7.28. The summed E-state index contributed by atoms with van der Waals surface area (Å²) in [4.78, 5) is 40.7. The highest BCUT2D eigenvalue weighted by atomic mass is 16.4. The summed E-state index contributed by atoms with van der Waals surface area (Å²) in [6.45, 7) is 9.28. The molecule has 1 rings (SSSR count). The summed E-state index contributed by atoms with van der Waals surface area (Å²) in [5.74, 6) is -5.03. The van der Waals surface area contributed by atoms with Crippen LogP contribution in [0.3, 0.4) is 0 Å². The largest absolute Gasteiger partial charge is 0.478 e. The molecule has 10 nitrogen and oxygen atoms in total. The molecule has 5 N–H and O–H groups in total. The van der Waals surface area contributed by atoms with E-state index in [1.165, 1.54) is 13.1 Å². The van der Waals surface area contributed by atoms with Crippen LogP contribution in [0.2, 0.25) is 0 Å². The Labute approximate surface area is 145 Å². The molecule has 1 heterocycles. The second-order valence-corrected chi connectivity index (χ2v) is 4.90. The molecule has 0 bridgehead atoms. The standard InChI is InChI=1S/C7H16N2.2C4H4O4/c1-7(2)9-5-3-8-4-6-9;2*5-3(6)1-2-4(7)8/h7-8H,3-6H2,1-2H3;2*1-2H,(H,5,6)(H,7,8)/b;2*2-1-. The quantitative estimate of drug-likeness (QED) is 0.412. The summed E-state index contributed by atoms with van der Waals surface area (Å²) < 4.78 is 0. The molecule has 1 aliphatic rings. The van der Waals surface area contributed by atoms with Gasteiger partial charge >= 0.3 is 23.9 Å². The van der Waals surface area contributed by atoms with E-state index in [1.54, 1.807) is 0 Å². The Kier molecular flexibility index (Phi) is 14.6. The highest BCUT2D eigenvalue weighted by Crippen LogP contribution is 1.97. The van der Waals surface area contributed by atoms with Gasteiger partial charge < -0.3 is 25.7 Å². The molecule has 1 saturated heterocycles. The number of carbonyl (C=O) groups is 4. The van der Waals surface area contributed by atoms with Gasteiger partial charge in [0.2, 0.25) is 0 Å². The first-order valence-electron chi connectivity index (χ1n) is 7.28. The van der Waals surface area contributed by atoms with Gasteiger partial charge in [-0.25, -0.2) is 19.2 Å². The van der Waals surface area contributed by atoms with Gasteiger partial charge in [0.15, 0.2) is 0 Å². The Hall–Kier alpha value is -2.72. The molecule has 0 amide bonds. The lowest BCUT2D eigenvalue weighted by atomic mass is 10.3. The van der Waals surface area contributed by atoms with Crippen LogP contribution in [0.15, 0.2) is 24.3 Å². The fraction of sp³-hybridized carbons (Fsp3) is 0.467. The molecule has 0 atom stereocenters. The van der Waals surface area contributed by atoms with Gasteiger partial charge in [-0.1, -0.05) is 0 Å². The molecule has 25 heavy (non-hydrogen) atoms. The Morgan fingerprint density at radius 1 is 0.760 bits per heavy atom. The molecule has 0 aromatic carbocycles. The molecule has 0 unspecified atom stereocenters. The predicted octanol–water partition coefficient (Wildman–Crippen LogP) is -0.276. The van der Waals surface area contributed by atoms with Crippen LogP contribution in [0, 0.1) is 0 Å². The number of piperazine rings is 1. The van der Waals surface area contributed by atoms with Gasteiger partial charge in [-0.15, -0.1) is 0 Å². The van der Waals surface area contributed by atoms with Crippen LogP contribution in [0.25, 0.3) is 0 Å². The average Bonchev–Trinajstić information content (AvgIpc) is 2.53. The summed E-state index contributed by atoms with van der Waals surface area (Å²) in [5.41, 5.74) is 0. The molecule has 0 spiro atoms. The first kappa shape index (κ1) is 24.5. The number of nitrogens with one attached hydrogen (secondary N) is 1. The number of carboxylic acids is 4. The molecular formula is C15H24N2O8.